The minimum Gasteiger partial charge on any atom is -0.336 e. The molecule has 1 aliphatic heterocycles. The van der Waals surface area contributed by atoms with Crippen LogP contribution in [-0.2, 0) is 11.3 Å². The number of para-hydroxylation sites is 1. The zero-order valence-corrected chi connectivity index (χ0v) is 14.4. The van der Waals surface area contributed by atoms with Crippen LogP contribution in [0.1, 0.15) is 0 Å². The molecular formula is C19H17N5O3. The summed E-state index contributed by atoms with van der Waals surface area (Å²) in [6, 6.07) is 14.0. The van der Waals surface area contributed by atoms with E-state index in [2.05, 4.69) is 15.7 Å². The molecule has 1 aliphatic rings. The van der Waals surface area contributed by atoms with Crippen molar-refractivity contribution in [3.63, 3.8) is 0 Å². The minimum absolute atomic E-state index is 0.0168. The minimum atomic E-state index is -0.261. The van der Waals surface area contributed by atoms with E-state index in [4.69, 9.17) is 0 Å². The Morgan fingerprint density at radius 3 is 2.63 bits per heavy atom. The van der Waals surface area contributed by atoms with E-state index in [1.807, 2.05) is 0 Å². The molecule has 2 N–H and O–H groups in total. The summed E-state index contributed by atoms with van der Waals surface area (Å²) in [5.41, 5.74) is 1.82. The van der Waals surface area contributed by atoms with E-state index < -0.39 is 0 Å². The number of carbonyl (C=O) groups is 2. The molecule has 0 unspecified atom stereocenters. The first-order valence-electron chi connectivity index (χ1n) is 8.52. The second-order valence-corrected chi connectivity index (χ2v) is 6.16. The quantitative estimate of drug-likeness (QED) is 0.735. The summed E-state index contributed by atoms with van der Waals surface area (Å²) >= 11 is 0. The molecule has 0 atom stereocenters. The Morgan fingerprint density at radius 1 is 1.11 bits per heavy atom. The molecule has 8 heteroatoms. The number of nitrogens with one attached hydrogen (secondary N) is 2. The van der Waals surface area contributed by atoms with Gasteiger partial charge in [-0.1, -0.05) is 12.1 Å². The van der Waals surface area contributed by atoms with Crippen molar-refractivity contribution in [2.24, 2.45) is 0 Å². The fraction of sp³-hybridized carbons (Fsp3) is 0.158. The van der Waals surface area contributed by atoms with Gasteiger partial charge in [-0.05, 0) is 36.4 Å². The van der Waals surface area contributed by atoms with Crippen LogP contribution in [0, 0.1) is 0 Å². The molecule has 136 valence electrons. The van der Waals surface area contributed by atoms with Gasteiger partial charge in [-0.15, -0.1) is 0 Å². The summed E-state index contributed by atoms with van der Waals surface area (Å²) < 4.78 is 1.50. The Morgan fingerprint density at radius 2 is 1.89 bits per heavy atom. The summed E-state index contributed by atoms with van der Waals surface area (Å²) in [6.07, 6.45) is 1.21. The fourth-order valence-electron chi connectivity index (χ4n) is 3.07. The lowest BCUT2D eigenvalue weighted by Gasteiger charge is -2.15. The summed E-state index contributed by atoms with van der Waals surface area (Å²) in [4.78, 5) is 37.6. The summed E-state index contributed by atoms with van der Waals surface area (Å²) in [5.74, 6) is -0.261. The van der Waals surface area contributed by atoms with Crippen molar-refractivity contribution >= 4 is 34.2 Å². The number of urea groups is 1. The van der Waals surface area contributed by atoms with Crippen molar-refractivity contribution in [1.82, 2.24) is 15.1 Å². The van der Waals surface area contributed by atoms with Crippen LogP contribution in [0.25, 0.3) is 10.9 Å². The normalized spacial score (nSPS) is 13.6. The molecule has 8 nitrogen and oxygen atoms in total. The number of hydrogen-bond donors (Lipinski definition) is 2. The first-order chi connectivity index (χ1) is 13.1. The number of anilines is 2. The van der Waals surface area contributed by atoms with Crippen LogP contribution >= 0.6 is 0 Å². The van der Waals surface area contributed by atoms with Gasteiger partial charge in [-0.3, -0.25) is 19.2 Å². The van der Waals surface area contributed by atoms with Crippen molar-refractivity contribution in [3.05, 3.63) is 65.0 Å². The van der Waals surface area contributed by atoms with E-state index in [0.29, 0.717) is 29.7 Å². The maximum absolute atomic E-state index is 12.4. The van der Waals surface area contributed by atoms with Crippen LogP contribution < -0.4 is 21.0 Å². The highest BCUT2D eigenvalue weighted by atomic mass is 16.2. The molecule has 0 spiro atoms. The first-order valence-corrected chi connectivity index (χ1v) is 8.52. The summed E-state index contributed by atoms with van der Waals surface area (Å²) in [5, 5.41) is 10.1. The van der Waals surface area contributed by atoms with Crippen LogP contribution in [0.3, 0.4) is 0 Å². The average molecular weight is 363 g/mol. The Hall–Kier alpha value is -3.68. The van der Waals surface area contributed by atoms with Gasteiger partial charge >= 0.3 is 6.03 Å². The molecule has 0 saturated carbocycles. The van der Waals surface area contributed by atoms with Gasteiger partial charge in [0.25, 0.3) is 0 Å². The van der Waals surface area contributed by atoms with E-state index in [1.165, 1.54) is 10.9 Å². The molecule has 2 heterocycles. The Labute approximate surface area is 154 Å². The molecule has 0 bridgehead atoms. The molecule has 3 aromatic rings. The third kappa shape index (κ3) is 3.37. The number of carbonyl (C=O) groups excluding carboxylic acids is 2. The van der Waals surface area contributed by atoms with Crippen LogP contribution in [0.4, 0.5) is 16.2 Å². The topological polar surface area (TPSA) is 96.3 Å². The van der Waals surface area contributed by atoms with Crippen molar-refractivity contribution in [2.45, 2.75) is 6.54 Å². The van der Waals surface area contributed by atoms with Crippen LogP contribution in [-0.4, -0.2) is 34.8 Å². The lowest BCUT2D eigenvalue weighted by atomic mass is 10.2. The predicted octanol–water partition coefficient (Wildman–Crippen LogP) is 1.56. The highest BCUT2D eigenvalue weighted by Crippen LogP contribution is 2.19. The first kappa shape index (κ1) is 16.8. The van der Waals surface area contributed by atoms with Gasteiger partial charge in [0.1, 0.15) is 6.54 Å². The van der Waals surface area contributed by atoms with E-state index in [0.717, 1.165) is 5.69 Å². The maximum Gasteiger partial charge on any atom is 0.321 e. The second kappa shape index (κ2) is 6.91. The molecule has 2 aromatic carbocycles. The molecular weight excluding hydrogens is 346 g/mol. The Kier molecular flexibility index (Phi) is 4.29. The van der Waals surface area contributed by atoms with Gasteiger partial charge < -0.3 is 10.6 Å². The van der Waals surface area contributed by atoms with Gasteiger partial charge in [0.05, 0.1) is 11.7 Å². The number of hydrogen-bond acceptors (Lipinski definition) is 4. The van der Waals surface area contributed by atoms with E-state index in [-0.39, 0.29) is 23.9 Å². The lowest BCUT2D eigenvalue weighted by molar-refractivity contribution is -0.116. The standard InChI is InChI=1S/C19H17N5O3/c25-17-11-21-24(16-4-2-1-3-15(16)17)12-18(26)22-13-5-7-14(8-6-13)23-10-9-20-19(23)27/h1-8,11H,9-10,12H2,(H,20,27)(H,22,26). The fourth-order valence-corrected chi connectivity index (χ4v) is 3.07. The zero-order valence-electron chi connectivity index (χ0n) is 14.4. The van der Waals surface area contributed by atoms with Gasteiger partial charge in [-0.25, -0.2) is 4.79 Å². The van der Waals surface area contributed by atoms with Crippen molar-refractivity contribution in [2.75, 3.05) is 23.3 Å². The number of benzene rings is 2. The highest BCUT2D eigenvalue weighted by Gasteiger charge is 2.20. The maximum atomic E-state index is 12.4. The lowest BCUT2D eigenvalue weighted by Crippen LogP contribution is -2.27. The van der Waals surface area contributed by atoms with Crippen molar-refractivity contribution in [3.8, 4) is 0 Å². The van der Waals surface area contributed by atoms with Crippen LogP contribution in [0.5, 0.6) is 0 Å². The third-order valence-electron chi connectivity index (χ3n) is 4.37. The number of fused-ring (bicyclic) bond motifs is 1. The average Bonchev–Trinajstić information content (AvgIpc) is 3.11. The Balaban J connectivity index is 1.48. The largest absolute Gasteiger partial charge is 0.336 e. The molecule has 1 fully saturated rings. The molecule has 0 radical (unpaired) electrons. The van der Waals surface area contributed by atoms with Gasteiger partial charge in [-0.2, -0.15) is 5.10 Å². The van der Waals surface area contributed by atoms with Crippen molar-refractivity contribution < 1.29 is 9.59 Å². The number of amides is 3. The van der Waals surface area contributed by atoms with E-state index >= 15 is 0 Å². The summed E-state index contributed by atoms with van der Waals surface area (Å²) in [7, 11) is 0. The Bertz CT molecular complexity index is 1070. The highest BCUT2D eigenvalue weighted by molar-refractivity contribution is 5.95. The molecule has 0 aliphatic carbocycles. The molecule has 1 saturated heterocycles. The smallest absolute Gasteiger partial charge is 0.321 e. The number of aromatic nitrogens is 2. The van der Waals surface area contributed by atoms with Crippen LogP contribution in [0.2, 0.25) is 0 Å². The van der Waals surface area contributed by atoms with E-state index in [1.54, 1.807) is 53.4 Å². The van der Waals surface area contributed by atoms with Gasteiger partial charge in [0.15, 0.2) is 0 Å². The second-order valence-electron chi connectivity index (χ2n) is 6.16. The third-order valence-corrected chi connectivity index (χ3v) is 4.37. The number of nitrogens with zero attached hydrogens (tertiary/aromatic N) is 3. The van der Waals surface area contributed by atoms with Gasteiger partial charge in [0, 0.05) is 29.9 Å². The molecule has 27 heavy (non-hydrogen) atoms. The number of rotatable bonds is 4. The SMILES string of the molecule is O=C(Cn1ncc(=O)c2ccccc21)Nc1ccc(N2CCNC2=O)cc1. The van der Waals surface area contributed by atoms with Crippen LogP contribution in [0.15, 0.2) is 59.5 Å². The summed E-state index contributed by atoms with van der Waals surface area (Å²) in [6.45, 7) is 1.23. The predicted molar refractivity (Wildman–Crippen MR) is 102 cm³/mol. The van der Waals surface area contributed by atoms with E-state index in [9.17, 15) is 14.4 Å². The molecule has 4 rings (SSSR count). The zero-order chi connectivity index (χ0) is 18.8. The monoisotopic (exact) mass is 363 g/mol. The molecule has 3 amide bonds. The van der Waals surface area contributed by atoms with Gasteiger partial charge in [0.2, 0.25) is 11.3 Å². The van der Waals surface area contributed by atoms with Crippen molar-refractivity contribution in [1.29, 1.82) is 0 Å². The molecule has 1 aromatic heterocycles.